The molecule has 1 amide bonds. The zero-order valence-electron chi connectivity index (χ0n) is 12.6. The highest BCUT2D eigenvalue weighted by Crippen LogP contribution is 2.08. The minimum Gasteiger partial charge on any atom is -0.350 e. The molecule has 1 unspecified atom stereocenters. The van der Waals surface area contributed by atoms with Crippen molar-refractivity contribution in [2.75, 3.05) is 5.75 Å². The first kappa shape index (κ1) is 16.8. The number of aromatic nitrogens is 2. The molecule has 120 valence electrons. The Balaban J connectivity index is 1.74. The molecule has 0 saturated heterocycles. The lowest BCUT2D eigenvalue weighted by atomic mass is 10.1. The van der Waals surface area contributed by atoms with E-state index in [1.807, 2.05) is 17.5 Å². The Bertz CT molecular complexity index is 623. The van der Waals surface area contributed by atoms with Crippen LogP contribution in [0.5, 0.6) is 0 Å². The van der Waals surface area contributed by atoms with Crippen LogP contribution in [0.1, 0.15) is 30.4 Å². The summed E-state index contributed by atoms with van der Waals surface area (Å²) in [7, 11) is -1.35. The highest BCUT2D eigenvalue weighted by atomic mass is 32.2. The third-order valence-electron chi connectivity index (χ3n) is 2.72. The third kappa shape index (κ3) is 5.69. The van der Waals surface area contributed by atoms with Gasteiger partial charge in [-0.05, 0) is 17.4 Å². The Morgan fingerprint density at radius 1 is 1.50 bits per heavy atom. The highest BCUT2D eigenvalue weighted by Gasteiger charge is 2.14. The fraction of sp³-hybridized carbons (Fsp3) is 0.500. The molecule has 22 heavy (non-hydrogen) atoms. The van der Waals surface area contributed by atoms with Crippen LogP contribution in [0.15, 0.2) is 22.0 Å². The standard InChI is InChI=1S/C14H19N3O3S2/c1-10(2)6-12-16-14(20-17-12)9-22(19)8-13(18)15-7-11-4-3-5-21-11/h3-5,10H,6-9H2,1-2H3,(H,15,18). The number of carbonyl (C=O) groups is 1. The van der Waals surface area contributed by atoms with Crippen molar-refractivity contribution in [3.8, 4) is 0 Å². The first-order chi connectivity index (χ1) is 10.5. The smallest absolute Gasteiger partial charge is 0.239 e. The Morgan fingerprint density at radius 3 is 3.00 bits per heavy atom. The zero-order valence-corrected chi connectivity index (χ0v) is 14.2. The maximum Gasteiger partial charge on any atom is 0.239 e. The lowest BCUT2D eigenvalue weighted by Gasteiger charge is -2.02. The molecule has 1 atom stereocenters. The maximum absolute atomic E-state index is 11.9. The third-order valence-corrected chi connectivity index (χ3v) is 4.75. The average Bonchev–Trinajstić information content (AvgIpc) is 3.07. The minimum atomic E-state index is -1.35. The summed E-state index contributed by atoms with van der Waals surface area (Å²) in [5.41, 5.74) is 0. The molecule has 1 N–H and O–H groups in total. The number of nitrogens with one attached hydrogen (secondary N) is 1. The molecule has 0 aromatic carbocycles. The van der Waals surface area contributed by atoms with Gasteiger partial charge >= 0.3 is 0 Å². The topological polar surface area (TPSA) is 85.1 Å². The summed E-state index contributed by atoms with van der Waals surface area (Å²) in [5.74, 6) is 1.17. The molecule has 2 rings (SSSR count). The van der Waals surface area contributed by atoms with Crippen LogP contribution < -0.4 is 5.32 Å². The van der Waals surface area contributed by atoms with Crippen LogP contribution in [0, 0.1) is 5.92 Å². The summed E-state index contributed by atoms with van der Waals surface area (Å²) in [6, 6.07) is 3.87. The van der Waals surface area contributed by atoms with Gasteiger partial charge < -0.3 is 9.84 Å². The van der Waals surface area contributed by atoms with E-state index in [9.17, 15) is 9.00 Å². The van der Waals surface area contributed by atoms with Crippen molar-refractivity contribution in [3.05, 3.63) is 34.1 Å². The highest BCUT2D eigenvalue weighted by molar-refractivity contribution is 7.84. The molecular formula is C14H19N3O3S2. The van der Waals surface area contributed by atoms with Crippen LogP contribution in [0.25, 0.3) is 0 Å². The van der Waals surface area contributed by atoms with Crippen molar-refractivity contribution in [1.82, 2.24) is 15.5 Å². The van der Waals surface area contributed by atoms with Crippen LogP contribution in [-0.2, 0) is 34.3 Å². The molecule has 0 aliphatic carbocycles. The maximum atomic E-state index is 11.9. The number of hydrogen-bond donors (Lipinski definition) is 1. The SMILES string of the molecule is CC(C)Cc1noc(CS(=O)CC(=O)NCc2cccs2)n1. The molecule has 0 spiro atoms. The second-order valence-corrected chi connectivity index (χ2v) is 7.78. The van der Waals surface area contributed by atoms with Gasteiger partial charge in [0, 0.05) is 22.1 Å². The lowest BCUT2D eigenvalue weighted by Crippen LogP contribution is -2.27. The summed E-state index contributed by atoms with van der Waals surface area (Å²) < 4.78 is 17.0. The van der Waals surface area contributed by atoms with E-state index >= 15 is 0 Å². The molecule has 8 heteroatoms. The van der Waals surface area contributed by atoms with Crippen molar-refractivity contribution in [1.29, 1.82) is 0 Å². The van der Waals surface area contributed by atoms with Crippen LogP contribution in [-0.4, -0.2) is 26.0 Å². The van der Waals surface area contributed by atoms with E-state index in [-0.39, 0.29) is 17.4 Å². The molecular weight excluding hydrogens is 322 g/mol. The Morgan fingerprint density at radius 2 is 2.32 bits per heavy atom. The van der Waals surface area contributed by atoms with Gasteiger partial charge in [-0.3, -0.25) is 9.00 Å². The molecule has 0 aliphatic rings. The second kappa shape index (κ2) is 8.19. The van der Waals surface area contributed by atoms with E-state index in [1.54, 1.807) is 11.3 Å². The molecule has 0 aliphatic heterocycles. The van der Waals surface area contributed by atoms with Crippen molar-refractivity contribution >= 4 is 28.0 Å². The number of nitrogens with zero attached hydrogens (tertiary/aromatic N) is 2. The van der Waals surface area contributed by atoms with E-state index in [4.69, 9.17) is 4.52 Å². The Labute approximate surface area is 135 Å². The quantitative estimate of drug-likeness (QED) is 0.792. The Hall–Kier alpha value is -1.54. The van der Waals surface area contributed by atoms with Gasteiger partial charge in [-0.2, -0.15) is 4.98 Å². The normalized spacial score (nSPS) is 12.5. The summed E-state index contributed by atoms with van der Waals surface area (Å²) in [5, 5.41) is 8.53. The largest absolute Gasteiger partial charge is 0.350 e. The van der Waals surface area contributed by atoms with E-state index in [1.165, 1.54) is 0 Å². The summed E-state index contributed by atoms with van der Waals surface area (Å²) >= 11 is 1.57. The number of hydrogen-bond acceptors (Lipinski definition) is 6. The summed E-state index contributed by atoms with van der Waals surface area (Å²) in [6.45, 7) is 4.59. The number of thiophene rings is 1. The van der Waals surface area contributed by atoms with Gasteiger partial charge in [-0.15, -0.1) is 11.3 Å². The van der Waals surface area contributed by atoms with Gasteiger partial charge in [0.1, 0.15) is 11.5 Å². The molecule has 0 radical (unpaired) electrons. The molecule has 0 fully saturated rings. The average molecular weight is 341 g/mol. The monoisotopic (exact) mass is 341 g/mol. The molecule has 2 heterocycles. The van der Waals surface area contributed by atoms with Crippen LogP contribution in [0.2, 0.25) is 0 Å². The van der Waals surface area contributed by atoms with Crippen LogP contribution in [0.3, 0.4) is 0 Å². The number of amides is 1. The fourth-order valence-electron chi connectivity index (χ4n) is 1.78. The summed E-state index contributed by atoms with van der Waals surface area (Å²) in [6.07, 6.45) is 0.720. The molecule has 6 nitrogen and oxygen atoms in total. The first-order valence-corrected chi connectivity index (χ1v) is 9.35. The van der Waals surface area contributed by atoms with Crippen molar-refractivity contribution in [2.45, 2.75) is 32.6 Å². The van der Waals surface area contributed by atoms with Gasteiger partial charge in [0.2, 0.25) is 11.8 Å². The molecule has 0 saturated carbocycles. The Kier molecular flexibility index (Phi) is 6.26. The molecule has 2 aromatic rings. The lowest BCUT2D eigenvalue weighted by molar-refractivity contribution is -0.118. The van der Waals surface area contributed by atoms with Gasteiger partial charge in [0.15, 0.2) is 5.82 Å². The first-order valence-electron chi connectivity index (χ1n) is 6.98. The number of rotatable bonds is 8. The van der Waals surface area contributed by atoms with Crippen LogP contribution >= 0.6 is 11.3 Å². The fourth-order valence-corrected chi connectivity index (χ4v) is 3.32. The van der Waals surface area contributed by atoms with Crippen molar-refractivity contribution in [2.24, 2.45) is 5.92 Å². The van der Waals surface area contributed by atoms with E-state index in [0.717, 1.165) is 11.3 Å². The van der Waals surface area contributed by atoms with Gasteiger partial charge in [0.05, 0.1) is 6.54 Å². The second-order valence-electron chi connectivity index (χ2n) is 5.29. The van der Waals surface area contributed by atoms with Gasteiger partial charge in [-0.1, -0.05) is 25.1 Å². The predicted octanol–water partition coefficient (Wildman–Crippen LogP) is 1.89. The van der Waals surface area contributed by atoms with Gasteiger partial charge in [-0.25, -0.2) is 0 Å². The summed E-state index contributed by atoms with van der Waals surface area (Å²) in [4.78, 5) is 17.0. The molecule has 0 bridgehead atoms. The van der Waals surface area contributed by atoms with Crippen molar-refractivity contribution < 1.29 is 13.5 Å². The van der Waals surface area contributed by atoms with Crippen LogP contribution in [0.4, 0.5) is 0 Å². The van der Waals surface area contributed by atoms with Crippen molar-refractivity contribution in [3.63, 3.8) is 0 Å². The number of carbonyl (C=O) groups excluding carboxylic acids is 1. The predicted molar refractivity (Wildman–Crippen MR) is 85.7 cm³/mol. The molecule has 2 aromatic heterocycles. The van der Waals surface area contributed by atoms with E-state index < -0.39 is 10.8 Å². The minimum absolute atomic E-state index is 0.0622. The van der Waals surface area contributed by atoms with E-state index in [0.29, 0.717) is 24.2 Å². The van der Waals surface area contributed by atoms with E-state index in [2.05, 4.69) is 29.3 Å². The zero-order chi connectivity index (χ0) is 15.9. The van der Waals surface area contributed by atoms with Gasteiger partial charge in [0.25, 0.3) is 0 Å².